The summed E-state index contributed by atoms with van der Waals surface area (Å²) in [4.78, 5) is 17.0. The molecule has 2 atom stereocenters. The maximum Gasteiger partial charge on any atom is 0.223 e. The third kappa shape index (κ3) is 3.08. The van der Waals surface area contributed by atoms with E-state index in [1.54, 1.807) is 0 Å². The molecule has 1 aromatic carbocycles. The molecule has 5 nitrogen and oxygen atoms in total. The van der Waals surface area contributed by atoms with Gasteiger partial charge in [0.1, 0.15) is 5.82 Å². The molecule has 5 heteroatoms. The van der Waals surface area contributed by atoms with Crippen LogP contribution in [0.25, 0.3) is 0 Å². The number of nitrogens with one attached hydrogen (secondary N) is 1. The van der Waals surface area contributed by atoms with E-state index in [4.69, 9.17) is 4.74 Å². The number of hydrogen-bond donors (Lipinski definition) is 1. The molecule has 3 heterocycles. The van der Waals surface area contributed by atoms with Crippen LogP contribution in [-0.4, -0.2) is 28.1 Å². The van der Waals surface area contributed by atoms with Crippen LogP contribution >= 0.6 is 0 Å². The van der Waals surface area contributed by atoms with E-state index in [0.29, 0.717) is 13.0 Å². The van der Waals surface area contributed by atoms with Crippen molar-refractivity contribution in [2.45, 2.75) is 51.3 Å². The zero-order chi connectivity index (χ0) is 16.5. The Labute approximate surface area is 142 Å². The number of carbonyl (C=O) groups excluding carboxylic acids is 1. The Hall–Kier alpha value is -2.14. The normalized spacial score (nSPS) is 22.5. The topological polar surface area (TPSA) is 56.2 Å². The molecular weight excluding hydrogens is 302 g/mol. The monoisotopic (exact) mass is 325 g/mol. The fraction of sp³-hybridized carbons (Fsp3) is 0.474. The molecule has 0 unspecified atom stereocenters. The first-order valence-corrected chi connectivity index (χ1v) is 8.70. The Balaban J connectivity index is 1.38. The number of aryl methyl sites for hydroxylation is 2. The van der Waals surface area contributed by atoms with Crippen LogP contribution in [0.5, 0.6) is 0 Å². The number of amides is 1. The number of carbonyl (C=O) groups is 1. The number of fused-ring (bicyclic) bond motifs is 2. The number of aromatic nitrogens is 2. The zero-order valence-electron chi connectivity index (χ0n) is 14.0. The summed E-state index contributed by atoms with van der Waals surface area (Å²) in [5, 5.41) is 3.18. The van der Waals surface area contributed by atoms with Crippen LogP contribution < -0.4 is 5.32 Å². The summed E-state index contributed by atoms with van der Waals surface area (Å²) in [6, 6.07) is 8.45. The molecule has 2 aromatic rings. The summed E-state index contributed by atoms with van der Waals surface area (Å²) in [5.41, 5.74) is 3.51. The summed E-state index contributed by atoms with van der Waals surface area (Å²) in [7, 11) is 0. The molecule has 2 aliphatic heterocycles. The first kappa shape index (κ1) is 15.4. The van der Waals surface area contributed by atoms with Gasteiger partial charge in [0.25, 0.3) is 0 Å². The average Bonchev–Trinajstić information content (AvgIpc) is 2.94. The lowest BCUT2D eigenvalue weighted by Gasteiger charge is -2.28. The summed E-state index contributed by atoms with van der Waals surface area (Å²) < 4.78 is 8.01. The van der Waals surface area contributed by atoms with Gasteiger partial charge in [0.2, 0.25) is 5.91 Å². The highest BCUT2D eigenvalue weighted by atomic mass is 16.5. The second-order valence-electron chi connectivity index (χ2n) is 6.77. The van der Waals surface area contributed by atoms with Gasteiger partial charge < -0.3 is 14.6 Å². The number of hydrogen-bond acceptors (Lipinski definition) is 3. The van der Waals surface area contributed by atoms with E-state index < -0.39 is 0 Å². The Bertz CT molecular complexity index is 753. The van der Waals surface area contributed by atoms with Crippen molar-refractivity contribution >= 4 is 5.91 Å². The van der Waals surface area contributed by atoms with Crippen LogP contribution in [0.1, 0.15) is 41.6 Å². The SMILES string of the molecule is Cc1cn2c(n1)CC[C@H](NC(=O)C[C@@H]1OCCc3ccccc31)C2. The highest BCUT2D eigenvalue weighted by Gasteiger charge is 2.26. The minimum atomic E-state index is -0.121. The highest BCUT2D eigenvalue weighted by molar-refractivity contribution is 5.77. The van der Waals surface area contributed by atoms with Gasteiger partial charge in [-0.25, -0.2) is 4.98 Å². The molecule has 4 rings (SSSR count). The molecule has 1 aromatic heterocycles. The van der Waals surface area contributed by atoms with Crippen molar-refractivity contribution in [3.8, 4) is 0 Å². The van der Waals surface area contributed by atoms with Gasteiger partial charge in [-0.15, -0.1) is 0 Å². The van der Waals surface area contributed by atoms with Crippen molar-refractivity contribution < 1.29 is 9.53 Å². The van der Waals surface area contributed by atoms with E-state index in [2.05, 4.69) is 33.2 Å². The second-order valence-corrected chi connectivity index (χ2v) is 6.77. The standard InChI is InChI=1S/C19H23N3O2/c1-13-11-22-12-15(6-7-18(22)20-13)21-19(23)10-17-16-5-3-2-4-14(16)8-9-24-17/h2-5,11,15,17H,6-10,12H2,1H3,(H,21,23)/t15-,17-/m0/s1. The highest BCUT2D eigenvalue weighted by Crippen LogP contribution is 2.29. The van der Waals surface area contributed by atoms with Crippen molar-refractivity contribution in [1.82, 2.24) is 14.9 Å². The number of benzene rings is 1. The second kappa shape index (κ2) is 6.40. The van der Waals surface area contributed by atoms with E-state index in [0.717, 1.165) is 42.9 Å². The van der Waals surface area contributed by atoms with Gasteiger partial charge in [-0.1, -0.05) is 24.3 Å². The Morgan fingerprint density at radius 3 is 3.17 bits per heavy atom. The summed E-state index contributed by atoms with van der Waals surface area (Å²) in [5.74, 6) is 1.20. The van der Waals surface area contributed by atoms with E-state index in [9.17, 15) is 4.79 Å². The number of nitrogens with zero attached hydrogens (tertiary/aromatic N) is 2. The lowest BCUT2D eigenvalue weighted by Crippen LogP contribution is -2.41. The van der Waals surface area contributed by atoms with Crippen LogP contribution in [0.4, 0.5) is 0 Å². The van der Waals surface area contributed by atoms with E-state index in [-0.39, 0.29) is 18.1 Å². The van der Waals surface area contributed by atoms with Crippen molar-refractivity contribution in [3.05, 3.63) is 53.1 Å². The largest absolute Gasteiger partial charge is 0.373 e. The molecule has 24 heavy (non-hydrogen) atoms. The van der Waals surface area contributed by atoms with Gasteiger partial charge in [0.05, 0.1) is 24.8 Å². The summed E-state index contributed by atoms with van der Waals surface area (Å²) >= 11 is 0. The van der Waals surface area contributed by atoms with Crippen LogP contribution in [0.3, 0.4) is 0 Å². The summed E-state index contributed by atoms with van der Waals surface area (Å²) in [6.07, 6.45) is 5.13. The molecule has 0 fully saturated rings. The van der Waals surface area contributed by atoms with Crippen molar-refractivity contribution in [2.75, 3.05) is 6.61 Å². The molecule has 0 radical (unpaired) electrons. The maximum absolute atomic E-state index is 12.5. The maximum atomic E-state index is 12.5. The minimum absolute atomic E-state index is 0.0713. The molecule has 1 N–H and O–H groups in total. The van der Waals surface area contributed by atoms with Gasteiger partial charge >= 0.3 is 0 Å². The Kier molecular flexibility index (Phi) is 4.10. The van der Waals surface area contributed by atoms with Crippen LogP contribution in [0, 0.1) is 6.92 Å². The predicted molar refractivity (Wildman–Crippen MR) is 90.7 cm³/mol. The molecule has 0 aliphatic carbocycles. The number of imidazole rings is 1. The van der Waals surface area contributed by atoms with Crippen molar-refractivity contribution in [2.24, 2.45) is 0 Å². The fourth-order valence-corrected chi connectivity index (χ4v) is 3.80. The van der Waals surface area contributed by atoms with Crippen LogP contribution in [0.2, 0.25) is 0 Å². The molecule has 0 saturated carbocycles. The fourth-order valence-electron chi connectivity index (χ4n) is 3.80. The smallest absolute Gasteiger partial charge is 0.223 e. The van der Waals surface area contributed by atoms with Crippen LogP contribution in [0.15, 0.2) is 30.5 Å². The minimum Gasteiger partial charge on any atom is -0.373 e. The number of ether oxygens (including phenoxy) is 1. The molecule has 1 amide bonds. The molecule has 0 spiro atoms. The molecule has 0 bridgehead atoms. The molecule has 126 valence electrons. The van der Waals surface area contributed by atoms with E-state index >= 15 is 0 Å². The quantitative estimate of drug-likeness (QED) is 0.942. The average molecular weight is 325 g/mol. The first-order valence-electron chi connectivity index (χ1n) is 8.70. The predicted octanol–water partition coefficient (Wildman–Crippen LogP) is 2.33. The lowest BCUT2D eigenvalue weighted by molar-refractivity contribution is -0.125. The first-order chi connectivity index (χ1) is 11.7. The zero-order valence-corrected chi connectivity index (χ0v) is 14.0. The Morgan fingerprint density at radius 2 is 2.25 bits per heavy atom. The third-order valence-corrected chi connectivity index (χ3v) is 4.94. The van der Waals surface area contributed by atoms with Gasteiger partial charge in [-0.05, 0) is 30.9 Å². The van der Waals surface area contributed by atoms with Crippen molar-refractivity contribution in [1.29, 1.82) is 0 Å². The van der Waals surface area contributed by atoms with Crippen LogP contribution in [-0.2, 0) is 28.9 Å². The Morgan fingerprint density at radius 1 is 1.38 bits per heavy atom. The molecule has 2 aliphatic rings. The van der Waals surface area contributed by atoms with Gasteiger partial charge in [-0.3, -0.25) is 4.79 Å². The number of rotatable bonds is 3. The summed E-state index contributed by atoms with van der Waals surface area (Å²) in [6.45, 7) is 3.51. The molecular formula is C19H23N3O2. The lowest BCUT2D eigenvalue weighted by atomic mass is 9.95. The molecule has 0 saturated heterocycles. The third-order valence-electron chi connectivity index (χ3n) is 4.94. The van der Waals surface area contributed by atoms with Gasteiger partial charge in [-0.2, -0.15) is 0 Å². The van der Waals surface area contributed by atoms with Crippen molar-refractivity contribution in [3.63, 3.8) is 0 Å². The van der Waals surface area contributed by atoms with Gasteiger partial charge in [0, 0.05) is 25.2 Å². The van der Waals surface area contributed by atoms with E-state index in [1.165, 1.54) is 5.56 Å². The van der Waals surface area contributed by atoms with E-state index in [1.807, 2.05) is 19.1 Å². The van der Waals surface area contributed by atoms with Gasteiger partial charge in [0.15, 0.2) is 0 Å².